The second kappa shape index (κ2) is 3.74. The minimum atomic E-state index is -4.68. The zero-order valence-corrected chi connectivity index (χ0v) is 7.89. The van der Waals surface area contributed by atoms with Crippen molar-refractivity contribution in [3.8, 4) is 0 Å². The third kappa shape index (κ3) is 2.59. The quantitative estimate of drug-likeness (QED) is 0.746. The van der Waals surface area contributed by atoms with Gasteiger partial charge in [-0.15, -0.1) is 0 Å². The van der Waals surface area contributed by atoms with E-state index in [4.69, 9.17) is 16.7 Å². The first-order valence-electron chi connectivity index (χ1n) is 3.69. The molecule has 0 saturated carbocycles. The molecule has 14 heavy (non-hydrogen) atoms. The number of aliphatic hydroxyl groups excluding tert-OH is 1. The maximum atomic E-state index is 12.1. The Morgan fingerprint density at radius 2 is 2.00 bits per heavy atom. The summed E-state index contributed by atoms with van der Waals surface area (Å²) < 4.78 is 36.3. The molecule has 0 aliphatic carbocycles. The van der Waals surface area contributed by atoms with Gasteiger partial charge in [-0.2, -0.15) is 13.2 Å². The van der Waals surface area contributed by atoms with Crippen molar-refractivity contribution >= 4 is 11.6 Å². The van der Waals surface area contributed by atoms with Crippen LogP contribution in [0, 0.1) is 6.92 Å². The average Bonchev–Trinajstić information content (AvgIpc) is 1.99. The molecule has 1 rings (SSSR count). The summed E-state index contributed by atoms with van der Waals surface area (Å²) in [6.07, 6.45) is -7.20. The minimum Gasteiger partial charge on any atom is -0.379 e. The van der Waals surface area contributed by atoms with Gasteiger partial charge in [0.1, 0.15) is 5.15 Å². The number of halogens is 4. The Morgan fingerprint density at radius 3 is 2.43 bits per heavy atom. The second-order valence-electron chi connectivity index (χ2n) is 2.81. The molecule has 0 bridgehead atoms. The molecule has 6 heteroatoms. The highest BCUT2D eigenvalue weighted by Crippen LogP contribution is 2.33. The zero-order chi connectivity index (χ0) is 10.9. The van der Waals surface area contributed by atoms with Crippen molar-refractivity contribution in [3.05, 3.63) is 28.5 Å². The maximum Gasteiger partial charge on any atom is 0.418 e. The molecule has 1 heterocycles. The summed E-state index contributed by atoms with van der Waals surface area (Å²) in [5, 5.41) is 8.83. The number of nitrogens with zero attached hydrogens (tertiary/aromatic N) is 1. The highest BCUT2D eigenvalue weighted by molar-refractivity contribution is 6.29. The van der Waals surface area contributed by atoms with Crippen molar-refractivity contribution in [2.75, 3.05) is 0 Å². The van der Waals surface area contributed by atoms with E-state index in [0.29, 0.717) is 5.69 Å². The van der Waals surface area contributed by atoms with Crippen molar-refractivity contribution in [1.82, 2.24) is 4.98 Å². The van der Waals surface area contributed by atoms with E-state index in [1.54, 1.807) is 0 Å². The smallest absolute Gasteiger partial charge is 0.379 e. The minimum absolute atomic E-state index is 0.0664. The predicted octanol–water partition coefficient (Wildman–Crippen LogP) is 2.64. The number of hydrogen-bond donors (Lipinski definition) is 1. The topological polar surface area (TPSA) is 33.1 Å². The summed E-state index contributed by atoms with van der Waals surface area (Å²) in [4.78, 5) is 3.69. The van der Waals surface area contributed by atoms with Crippen LogP contribution in [0.1, 0.15) is 17.4 Å². The molecule has 1 aromatic rings. The van der Waals surface area contributed by atoms with Gasteiger partial charge in [-0.05, 0) is 24.6 Å². The first-order chi connectivity index (χ1) is 6.30. The van der Waals surface area contributed by atoms with Gasteiger partial charge in [0.15, 0.2) is 6.10 Å². The molecule has 1 N–H and O–H groups in total. The van der Waals surface area contributed by atoms with Crippen LogP contribution in [0.25, 0.3) is 0 Å². The molecule has 1 aromatic heterocycles. The van der Waals surface area contributed by atoms with E-state index >= 15 is 0 Å². The lowest BCUT2D eigenvalue weighted by Crippen LogP contribution is -2.20. The lowest BCUT2D eigenvalue weighted by Gasteiger charge is -2.15. The van der Waals surface area contributed by atoms with Crippen molar-refractivity contribution in [3.63, 3.8) is 0 Å². The molecule has 0 spiro atoms. The van der Waals surface area contributed by atoms with Gasteiger partial charge in [-0.25, -0.2) is 4.98 Å². The molecule has 0 unspecified atom stereocenters. The molecule has 0 fully saturated rings. The van der Waals surface area contributed by atoms with Crippen LogP contribution in [-0.4, -0.2) is 16.3 Å². The summed E-state index contributed by atoms with van der Waals surface area (Å²) in [5.74, 6) is 0. The first kappa shape index (κ1) is 11.3. The van der Waals surface area contributed by atoms with Crippen LogP contribution in [-0.2, 0) is 0 Å². The fourth-order valence-electron chi connectivity index (χ4n) is 1.00. The van der Waals surface area contributed by atoms with Gasteiger partial charge in [-0.3, -0.25) is 0 Å². The van der Waals surface area contributed by atoms with Gasteiger partial charge < -0.3 is 5.11 Å². The van der Waals surface area contributed by atoms with Gasteiger partial charge in [0.05, 0.1) is 0 Å². The number of hydrogen-bond acceptors (Lipinski definition) is 2. The SMILES string of the molecule is Cc1cc([C@@H](O)C(F)(F)F)cc(Cl)n1. The van der Waals surface area contributed by atoms with E-state index < -0.39 is 12.3 Å². The van der Waals surface area contributed by atoms with Crippen LogP contribution < -0.4 is 0 Å². The largest absolute Gasteiger partial charge is 0.418 e. The molecule has 0 amide bonds. The Morgan fingerprint density at radius 1 is 1.43 bits per heavy atom. The van der Waals surface area contributed by atoms with E-state index in [2.05, 4.69) is 4.98 Å². The van der Waals surface area contributed by atoms with Crippen LogP contribution in [0.4, 0.5) is 13.2 Å². The Balaban J connectivity index is 3.07. The lowest BCUT2D eigenvalue weighted by molar-refractivity contribution is -0.206. The highest BCUT2D eigenvalue weighted by Gasteiger charge is 2.39. The number of pyridine rings is 1. The van der Waals surface area contributed by atoms with Crippen LogP contribution in [0.3, 0.4) is 0 Å². The molecule has 2 nitrogen and oxygen atoms in total. The molecule has 0 aliphatic heterocycles. The molecule has 0 aliphatic rings. The van der Waals surface area contributed by atoms with Gasteiger partial charge in [0.2, 0.25) is 0 Å². The average molecular weight is 226 g/mol. The van der Waals surface area contributed by atoms with E-state index in [-0.39, 0.29) is 10.7 Å². The standard InChI is InChI=1S/C8H7ClF3NO/c1-4-2-5(3-6(9)13-4)7(14)8(10,11)12/h2-3,7,14H,1H3/t7-/m1/s1. The van der Waals surface area contributed by atoms with E-state index in [9.17, 15) is 13.2 Å². The first-order valence-corrected chi connectivity index (χ1v) is 4.07. The molecule has 1 atom stereocenters. The Labute approximate surface area is 83.3 Å². The summed E-state index contributed by atoms with van der Waals surface area (Å²) in [6.45, 7) is 1.50. The fourth-order valence-corrected chi connectivity index (χ4v) is 1.26. The Kier molecular flexibility index (Phi) is 3.01. The van der Waals surface area contributed by atoms with Crippen LogP contribution in [0.2, 0.25) is 5.15 Å². The van der Waals surface area contributed by atoms with Crippen molar-refractivity contribution in [2.45, 2.75) is 19.2 Å². The summed E-state index contributed by atoms with van der Waals surface area (Å²) in [7, 11) is 0. The van der Waals surface area contributed by atoms with Gasteiger partial charge in [0.25, 0.3) is 0 Å². The van der Waals surface area contributed by atoms with Gasteiger partial charge in [0, 0.05) is 5.69 Å². The van der Waals surface area contributed by atoms with Crippen LogP contribution >= 0.6 is 11.6 Å². The maximum absolute atomic E-state index is 12.1. The number of aliphatic hydroxyl groups is 1. The van der Waals surface area contributed by atoms with E-state index in [1.807, 2.05) is 0 Å². The third-order valence-corrected chi connectivity index (χ3v) is 1.76. The Hall–Kier alpha value is -0.810. The Bertz CT molecular complexity index is 320. The van der Waals surface area contributed by atoms with Crippen molar-refractivity contribution in [1.29, 1.82) is 0 Å². The molecule has 0 aromatic carbocycles. The van der Waals surface area contributed by atoms with E-state index in [1.165, 1.54) is 6.92 Å². The number of alkyl halides is 3. The van der Waals surface area contributed by atoms with Crippen LogP contribution in [0.5, 0.6) is 0 Å². The van der Waals surface area contributed by atoms with Crippen LogP contribution in [0.15, 0.2) is 12.1 Å². The zero-order valence-electron chi connectivity index (χ0n) is 7.14. The molecular weight excluding hydrogens is 219 g/mol. The van der Waals surface area contributed by atoms with Gasteiger partial charge in [-0.1, -0.05) is 11.6 Å². The molecular formula is C8H7ClF3NO. The van der Waals surface area contributed by atoms with Gasteiger partial charge >= 0.3 is 6.18 Å². The number of rotatable bonds is 1. The third-order valence-electron chi connectivity index (χ3n) is 1.57. The fraction of sp³-hybridized carbons (Fsp3) is 0.375. The van der Waals surface area contributed by atoms with Crippen molar-refractivity contribution in [2.24, 2.45) is 0 Å². The summed E-state index contributed by atoms with van der Waals surface area (Å²) in [5.41, 5.74) is 0.0331. The summed E-state index contributed by atoms with van der Waals surface area (Å²) in [6, 6.07) is 2.14. The van der Waals surface area contributed by atoms with Crippen molar-refractivity contribution < 1.29 is 18.3 Å². The normalized spacial score (nSPS) is 14.1. The van der Waals surface area contributed by atoms with E-state index in [0.717, 1.165) is 12.1 Å². The predicted molar refractivity (Wildman–Crippen MR) is 45.0 cm³/mol. The number of aromatic nitrogens is 1. The second-order valence-corrected chi connectivity index (χ2v) is 3.20. The molecule has 78 valence electrons. The summed E-state index contributed by atoms with van der Waals surface area (Å²) >= 11 is 5.45. The number of aryl methyl sites for hydroxylation is 1. The molecule has 0 radical (unpaired) electrons. The lowest BCUT2D eigenvalue weighted by atomic mass is 10.1. The highest BCUT2D eigenvalue weighted by atomic mass is 35.5. The monoisotopic (exact) mass is 225 g/mol. The molecule has 0 saturated heterocycles.